The topological polar surface area (TPSA) is 93.2 Å². The number of amides is 2. The van der Waals surface area contributed by atoms with Crippen LogP contribution in [-0.2, 0) is 29.5 Å². The fourth-order valence-corrected chi connectivity index (χ4v) is 5.00. The molecule has 0 bridgehead atoms. The monoisotopic (exact) mass is 528 g/mol. The first-order valence-corrected chi connectivity index (χ1v) is 12.9. The lowest BCUT2D eigenvalue weighted by Gasteiger charge is -2.24. The zero-order valence-electron chi connectivity index (χ0n) is 22.1. The Balaban J connectivity index is 1.35. The van der Waals surface area contributed by atoms with Crippen molar-refractivity contribution in [3.63, 3.8) is 0 Å². The van der Waals surface area contributed by atoms with Gasteiger partial charge in [0.05, 0.1) is 11.4 Å². The summed E-state index contributed by atoms with van der Waals surface area (Å²) in [6, 6.07) is 14.3. The molecule has 202 valence electrons. The van der Waals surface area contributed by atoms with Crippen LogP contribution in [0.1, 0.15) is 44.6 Å². The Morgan fingerprint density at radius 1 is 1.13 bits per heavy atom. The lowest BCUT2D eigenvalue weighted by atomic mass is 9.91. The van der Waals surface area contributed by atoms with E-state index in [0.717, 1.165) is 11.3 Å². The van der Waals surface area contributed by atoms with Crippen LogP contribution in [0, 0.1) is 0 Å². The minimum Gasteiger partial charge on any atom is -0.440 e. The molecule has 1 unspecified atom stereocenters. The van der Waals surface area contributed by atoms with Crippen LogP contribution in [0.3, 0.4) is 0 Å². The normalized spacial score (nSPS) is 18.0. The Morgan fingerprint density at radius 3 is 2.56 bits per heavy atom. The molecule has 1 saturated heterocycles. The van der Waals surface area contributed by atoms with E-state index in [-0.39, 0.29) is 24.7 Å². The Hall–Kier alpha value is -4.46. The third-order valence-corrected chi connectivity index (χ3v) is 6.76. The molecule has 1 atom stereocenters. The number of hydrogen-bond acceptors (Lipinski definition) is 6. The molecular weight excluding hydrogens is 496 g/mol. The van der Waals surface area contributed by atoms with E-state index in [1.165, 1.54) is 0 Å². The molecule has 2 aliphatic heterocycles. The third-order valence-electron chi connectivity index (χ3n) is 6.76. The Morgan fingerprint density at radius 2 is 1.85 bits per heavy atom. The molecule has 2 aliphatic rings. The first-order chi connectivity index (χ1) is 18.8. The molecule has 2 heterocycles. The smallest absolute Gasteiger partial charge is 0.335 e. The van der Waals surface area contributed by atoms with Gasteiger partial charge >= 0.3 is 5.97 Å². The second-order valence-corrected chi connectivity index (χ2v) is 9.73. The van der Waals surface area contributed by atoms with Crippen molar-refractivity contribution < 1.29 is 28.7 Å². The Labute approximate surface area is 228 Å². The van der Waals surface area contributed by atoms with Gasteiger partial charge in [0.2, 0.25) is 11.5 Å². The lowest BCUT2D eigenvalue weighted by Crippen LogP contribution is -2.40. The van der Waals surface area contributed by atoms with E-state index < -0.39 is 11.6 Å². The van der Waals surface area contributed by atoms with Crippen molar-refractivity contribution in [3.8, 4) is 5.75 Å². The van der Waals surface area contributed by atoms with Crippen LogP contribution in [0.2, 0.25) is 0 Å². The Bertz CT molecular complexity index is 1330. The van der Waals surface area contributed by atoms with Gasteiger partial charge < -0.3 is 19.3 Å². The van der Waals surface area contributed by atoms with Gasteiger partial charge in [0, 0.05) is 37.1 Å². The molecule has 1 spiro atoms. The van der Waals surface area contributed by atoms with Crippen molar-refractivity contribution in [2.75, 3.05) is 22.9 Å². The van der Waals surface area contributed by atoms with Crippen molar-refractivity contribution >= 4 is 35.6 Å². The first-order valence-electron chi connectivity index (χ1n) is 12.9. The number of nitrogens with zero attached hydrogens (tertiary/aromatic N) is 2. The van der Waals surface area contributed by atoms with E-state index in [1.54, 1.807) is 41.0 Å². The van der Waals surface area contributed by atoms with Crippen LogP contribution >= 0.6 is 0 Å². The molecule has 0 aromatic heterocycles. The number of unbranched alkanes of at least 4 members (excludes halogenated alkanes) is 1. The van der Waals surface area contributed by atoms with Crippen LogP contribution in [0.5, 0.6) is 5.75 Å². The molecule has 8 nitrogen and oxygen atoms in total. The summed E-state index contributed by atoms with van der Waals surface area (Å²) in [4.78, 5) is 52.6. The molecule has 2 amide bonds. The number of anilines is 2. The van der Waals surface area contributed by atoms with Crippen LogP contribution in [0.4, 0.5) is 11.4 Å². The number of allylic oxidation sites excluding steroid dienone is 1. The molecule has 0 aliphatic carbocycles. The summed E-state index contributed by atoms with van der Waals surface area (Å²) >= 11 is 0. The van der Waals surface area contributed by atoms with Crippen LogP contribution < -0.4 is 14.5 Å². The highest BCUT2D eigenvalue weighted by Gasteiger charge is 2.58. The van der Waals surface area contributed by atoms with Crippen molar-refractivity contribution in [3.05, 3.63) is 90.6 Å². The highest BCUT2D eigenvalue weighted by Crippen LogP contribution is 2.49. The maximum absolute atomic E-state index is 13.4. The van der Waals surface area contributed by atoms with Crippen LogP contribution in [-0.4, -0.2) is 37.3 Å². The molecule has 0 N–H and O–H groups in total. The minimum atomic E-state index is -1.31. The molecule has 0 radical (unpaired) electrons. The predicted octanol–water partition coefficient (Wildman–Crippen LogP) is 4.99. The fraction of sp³-hybridized carbons (Fsp3) is 0.290. The van der Waals surface area contributed by atoms with E-state index in [1.807, 2.05) is 36.4 Å². The largest absolute Gasteiger partial charge is 0.440 e. The van der Waals surface area contributed by atoms with Gasteiger partial charge in [-0.1, -0.05) is 61.2 Å². The van der Waals surface area contributed by atoms with E-state index in [2.05, 4.69) is 13.2 Å². The number of rotatable bonds is 12. The quantitative estimate of drug-likeness (QED) is 0.127. The molecule has 4 rings (SSSR count). The molecular formula is C31H32N2O6. The highest BCUT2D eigenvalue weighted by molar-refractivity contribution is 6.11. The number of fused-ring (bicyclic) bond motifs is 2. The number of esters is 1. The van der Waals surface area contributed by atoms with Crippen molar-refractivity contribution in [2.45, 2.75) is 44.6 Å². The summed E-state index contributed by atoms with van der Waals surface area (Å²) in [6.07, 6.45) is 6.38. The zero-order valence-corrected chi connectivity index (χ0v) is 22.1. The van der Waals surface area contributed by atoms with Gasteiger partial charge in [-0.25, -0.2) is 4.79 Å². The summed E-state index contributed by atoms with van der Waals surface area (Å²) in [5, 5.41) is 0. The standard InChI is InChI=1S/C31H32N2O6/c1-22(2)19-28(35)32(26-15-9-10-16-27(26)38-21-34)17-11-5-4-6-12-18-33-25-14-8-7-13-24(25)31(30(33)37)20-23(3)29(36)39-31/h4,6-10,13-16,21H,1,3,5,11-12,17-20H2,2H3/b6-4+. The molecule has 0 saturated carbocycles. The summed E-state index contributed by atoms with van der Waals surface area (Å²) in [5.74, 6) is -0.574. The van der Waals surface area contributed by atoms with Crippen molar-refractivity contribution in [1.29, 1.82) is 0 Å². The summed E-state index contributed by atoms with van der Waals surface area (Å²) in [5.41, 5.74) is 1.73. The van der Waals surface area contributed by atoms with E-state index in [4.69, 9.17) is 9.47 Å². The average molecular weight is 529 g/mol. The lowest BCUT2D eigenvalue weighted by molar-refractivity contribution is -0.156. The molecule has 8 heteroatoms. The molecule has 39 heavy (non-hydrogen) atoms. The van der Waals surface area contributed by atoms with Crippen LogP contribution in [0.15, 0.2) is 85.0 Å². The maximum Gasteiger partial charge on any atom is 0.335 e. The van der Waals surface area contributed by atoms with Gasteiger partial charge in [0.1, 0.15) is 0 Å². The van der Waals surface area contributed by atoms with E-state index >= 15 is 0 Å². The number of carbonyl (C=O) groups excluding carboxylic acids is 4. The number of benzene rings is 2. The number of hydrogen-bond donors (Lipinski definition) is 0. The van der Waals surface area contributed by atoms with Gasteiger partial charge in [-0.3, -0.25) is 14.4 Å². The second-order valence-electron chi connectivity index (χ2n) is 9.73. The van der Waals surface area contributed by atoms with Gasteiger partial charge in [0.15, 0.2) is 5.75 Å². The molecule has 2 aromatic carbocycles. The zero-order chi connectivity index (χ0) is 28.0. The van der Waals surface area contributed by atoms with Crippen LogP contribution in [0.25, 0.3) is 0 Å². The number of para-hydroxylation sites is 3. The van der Waals surface area contributed by atoms with E-state index in [0.29, 0.717) is 61.4 Å². The summed E-state index contributed by atoms with van der Waals surface area (Å²) < 4.78 is 10.6. The fourth-order valence-electron chi connectivity index (χ4n) is 5.00. The maximum atomic E-state index is 13.4. The second kappa shape index (κ2) is 11.9. The first kappa shape index (κ1) is 27.6. The number of ether oxygens (including phenoxy) is 2. The van der Waals surface area contributed by atoms with Crippen molar-refractivity contribution in [2.24, 2.45) is 0 Å². The third kappa shape index (κ3) is 5.70. The average Bonchev–Trinajstić information content (AvgIpc) is 3.33. The van der Waals surface area contributed by atoms with Gasteiger partial charge in [-0.05, 0) is 44.4 Å². The SMILES string of the molecule is C=C(C)CC(=O)N(CCC/C=C/CCN1C(=O)C2(CC(=C)C(=O)O2)c2ccccc21)c1ccccc1OC=O. The van der Waals surface area contributed by atoms with Crippen molar-refractivity contribution in [1.82, 2.24) is 0 Å². The number of carbonyl (C=O) groups is 4. The summed E-state index contributed by atoms with van der Waals surface area (Å²) in [7, 11) is 0. The molecule has 1 fully saturated rings. The Kier molecular flexibility index (Phi) is 8.44. The molecule has 2 aromatic rings. The van der Waals surface area contributed by atoms with Gasteiger partial charge in [-0.2, -0.15) is 0 Å². The van der Waals surface area contributed by atoms with Gasteiger partial charge in [0.25, 0.3) is 12.4 Å². The summed E-state index contributed by atoms with van der Waals surface area (Å²) in [6.45, 7) is 10.6. The highest BCUT2D eigenvalue weighted by atomic mass is 16.6. The van der Waals surface area contributed by atoms with E-state index in [9.17, 15) is 19.2 Å². The minimum absolute atomic E-state index is 0.121. The van der Waals surface area contributed by atoms with Gasteiger partial charge in [-0.15, -0.1) is 0 Å². The predicted molar refractivity (Wildman–Crippen MR) is 148 cm³/mol.